The number of allylic oxidation sites excluding steroid dienone is 2. The van der Waals surface area contributed by atoms with Crippen molar-refractivity contribution in [2.24, 2.45) is 35.5 Å². The Kier molecular flexibility index (Phi) is 2.21. The minimum Gasteiger partial charge on any atom is -0.279 e. The van der Waals surface area contributed by atoms with Gasteiger partial charge in [0.1, 0.15) is 0 Å². The van der Waals surface area contributed by atoms with E-state index < -0.39 is 23.7 Å². The van der Waals surface area contributed by atoms with Crippen LogP contribution in [0.1, 0.15) is 25.7 Å². The summed E-state index contributed by atoms with van der Waals surface area (Å²) in [7, 11) is 0. The van der Waals surface area contributed by atoms with E-state index in [1.165, 1.54) is 9.80 Å². The monoisotopic (exact) mass is 326 g/mol. The van der Waals surface area contributed by atoms with Gasteiger partial charge >= 0.3 is 0 Å². The van der Waals surface area contributed by atoms with Crippen molar-refractivity contribution in [1.82, 2.24) is 9.80 Å². The van der Waals surface area contributed by atoms with E-state index in [2.05, 4.69) is 0 Å². The van der Waals surface area contributed by atoms with Crippen LogP contribution in [-0.2, 0) is 19.2 Å². The summed E-state index contributed by atoms with van der Waals surface area (Å²) in [6.07, 6.45) is 7.44. The van der Waals surface area contributed by atoms with Crippen LogP contribution < -0.4 is 0 Å². The fourth-order valence-electron chi connectivity index (χ4n) is 5.66. The fraction of sp³-hybridized carbons (Fsp3) is 0.667. The summed E-state index contributed by atoms with van der Waals surface area (Å²) in [6, 6.07) is 0.119. The molecule has 0 spiro atoms. The lowest BCUT2D eigenvalue weighted by atomic mass is 9.54. The fourth-order valence-corrected chi connectivity index (χ4v) is 5.66. The van der Waals surface area contributed by atoms with Gasteiger partial charge in [0.25, 0.3) is 0 Å². The summed E-state index contributed by atoms with van der Waals surface area (Å²) >= 11 is 0. The molecule has 6 nitrogen and oxygen atoms in total. The Bertz CT molecular complexity index is 644. The molecule has 7 aliphatic rings. The first kappa shape index (κ1) is 13.3. The lowest BCUT2D eigenvalue weighted by Gasteiger charge is -2.44. The van der Waals surface area contributed by atoms with E-state index in [0.29, 0.717) is 0 Å². The van der Waals surface area contributed by atoms with E-state index >= 15 is 0 Å². The van der Waals surface area contributed by atoms with Crippen LogP contribution in [0, 0.1) is 35.5 Å². The molecule has 2 heterocycles. The number of amides is 4. The smallest absolute Gasteiger partial charge is 0.233 e. The third kappa shape index (κ3) is 1.36. The standard InChI is InChI=1S/C18H18N2O4/c21-15-11-9-5-6-10(12(11)16(22)19(15)7-1-2-7)14-13(9)17(23)20(18(14)24)8-3-4-8/h5-14H,1-4H2/t9?,10?,11-,12-,13-,14-/m1/s1. The van der Waals surface area contributed by atoms with Gasteiger partial charge in [0, 0.05) is 23.9 Å². The summed E-state index contributed by atoms with van der Waals surface area (Å²) in [5, 5.41) is 0. The van der Waals surface area contributed by atoms with Gasteiger partial charge in [-0.3, -0.25) is 29.0 Å². The van der Waals surface area contributed by atoms with Crippen LogP contribution in [0.5, 0.6) is 0 Å². The van der Waals surface area contributed by atoms with Crippen molar-refractivity contribution in [3.63, 3.8) is 0 Å². The van der Waals surface area contributed by atoms with E-state index in [4.69, 9.17) is 0 Å². The second-order valence-electron chi connectivity index (χ2n) is 8.20. The van der Waals surface area contributed by atoms with Gasteiger partial charge in [-0.1, -0.05) is 12.2 Å². The van der Waals surface area contributed by atoms with Gasteiger partial charge in [0.2, 0.25) is 23.6 Å². The predicted molar refractivity (Wildman–Crippen MR) is 79.8 cm³/mol. The van der Waals surface area contributed by atoms with E-state index in [9.17, 15) is 19.2 Å². The van der Waals surface area contributed by atoms with E-state index in [1.807, 2.05) is 12.2 Å². The van der Waals surface area contributed by atoms with Crippen LogP contribution in [0.2, 0.25) is 0 Å². The van der Waals surface area contributed by atoms with Gasteiger partial charge < -0.3 is 0 Å². The molecule has 6 heteroatoms. The predicted octanol–water partition coefficient (Wildman–Crippen LogP) is 0.329. The molecule has 3 saturated carbocycles. The number of hydrogen-bond acceptors (Lipinski definition) is 4. The minimum atomic E-state index is -0.426. The Morgan fingerprint density at radius 1 is 0.583 bits per heavy atom. The molecule has 0 aromatic carbocycles. The first-order valence-corrected chi connectivity index (χ1v) is 9.02. The average Bonchev–Trinajstić information content (AvgIpc) is 3.48. The van der Waals surface area contributed by atoms with Gasteiger partial charge in [-0.25, -0.2) is 0 Å². The average molecular weight is 326 g/mol. The van der Waals surface area contributed by atoms with E-state index in [-0.39, 0.29) is 47.5 Å². The maximum atomic E-state index is 12.9. The molecule has 2 saturated heterocycles. The van der Waals surface area contributed by atoms with Crippen LogP contribution in [0.3, 0.4) is 0 Å². The van der Waals surface area contributed by atoms with Crippen molar-refractivity contribution in [1.29, 1.82) is 0 Å². The van der Waals surface area contributed by atoms with Crippen LogP contribution >= 0.6 is 0 Å². The Labute approximate surface area is 138 Å². The number of imide groups is 2. The van der Waals surface area contributed by atoms with Crippen molar-refractivity contribution in [3.8, 4) is 0 Å². The molecule has 2 bridgehead atoms. The highest BCUT2D eigenvalue weighted by Crippen LogP contribution is 2.59. The molecular formula is C18H18N2O4. The number of carbonyl (C=O) groups is 4. The van der Waals surface area contributed by atoms with Crippen LogP contribution in [-0.4, -0.2) is 45.5 Å². The summed E-state index contributed by atoms with van der Waals surface area (Å²) in [5.41, 5.74) is 0. The Hall–Kier alpha value is -1.98. The number of rotatable bonds is 2. The van der Waals surface area contributed by atoms with Gasteiger partial charge in [0.05, 0.1) is 23.7 Å². The maximum absolute atomic E-state index is 12.9. The van der Waals surface area contributed by atoms with Crippen LogP contribution in [0.25, 0.3) is 0 Å². The third-order valence-electron chi connectivity index (χ3n) is 6.90. The SMILES string of the molecule is O=C1[C@@H]2C3C=CC([C@H]2C(=O)N1C1CC1)[C@H]1C(=O)N(C2CC2)C(=O)[C@H]31. The van der Waals surface area contributed by atoms with Crippen molar-refractivity contribution >= 4 is 23.6 Å². The lowest BCUT2D eigenvalue weighted by molar-refractivity contribution is -0.140. The number of likely N-dealkylation sites (tertiary alicyclic amines) is 2. The first-order chi connectivity index (χ1) is 11.6. The second kappa shape index (κ2) is 3.98. The van der Waals surface area contributed by atoms with E-state index in [1.54, 1.807) is 0 Å². The molecule has 5 fully saturated rings. The Balaban J connectivity index is 1.44. The van der Waals surface area contributed by atoms with Gasteiger partial charge in [-0.15, -0.1) is 0 Å². The Morgan fingerprint density at radius 3 is 1.12 bits per heavy atom. The minimum absolute atomic E-state index is 0.0595. The number of carbonyl (C=O) groups excluding carboxylic acids is 4. The lowest BCUT2D eigenvalue weighted by Crippen LogP contribution is -2.50. The molecule has 5 aliphatic carbocycles. The normalized spacial score (nSPS) is 46.2. The Morgan fingerprint density at radius 2 is 0.875 bits per heavy atom. The quantitative estimate of drug-likeness (QED) is 0.541. The molecule has 0 aromatic heterocycles. The van der Waals surface area contributed by atoms with Crippen LogP contribution in [0.15, 0.2) is 12.2 Å². The summed E-state index contributed by atoms with van der Waals surface area (Å²) < 4.78 is 0. The third-order valence-corrected chi connectivity index (χ3v) is 6.90. The zero-order valence-electron chi connectivity index (χ0n) is 13.1. The molecule has 4 atom stereocenters. The summed E-state index contributed by atoms with van der Waals surface area (Å²) in [5.74, 6) is -2.68. The second-order valence-corrected chi connectivity index (χ2v) is 8.20. The first-order valence-electron chi connectivity index (χ1n) is 9.02. The molecular weight excluding hydrogens is 308 g/mol. The van der Waals surface area contributed by atoms with Crippen molar-refractivity contribution in [2.45, 2.75) is 37.8 Å². The van der Waals surface area contributed by atoms with Gasteiger partial charge in [-0.2, -0.15) is 0 Å². The highest BCUT2D eigenvalue weighted by atomic mass is 16.2. The molecule has 0 N–H and O–H groups in total. The molecule has 2 aliphatic heterocycles. The molecule has 4 amide bonds. The zero-order chi connectivity index (χ0) is 16.3. The molecule has 0 unspecified atom stereocenters. The van der Waals surface area contributed by atoms with Gasteiger partial charge in [0.15, 0.2) is 0 Å². The molecule has 124 valence electrons. The van der Waals surface area contributed by atoms with Crippen molar-refractivity contribution < 1.29 is 19.2 Å². The summed E-state index contributed by atoms with van der Waals surface area (Å²) in [6.45, 7) is 0. The van der Waals surface area contributed by atoms with Crippen LogP contribution in [0.4, 0.5) is 0 Å². The maximum Gasteiger partial charge on any atom is 0.233 e. The largest absolute Gasteiger partial charge is 0.279 e. The topological polar surface area (TPSA) is 74.8 Å². The van der Waals surface area contributed by atoms with Crippen molar-refractivity contribution in [3.05, 3.63) is 12.2 Å². The molecule has 0 radical (unpaired) electrons. The van der Waals surface area contributed by atoms with E-state index in [0.717, 1.165) is 25.7 Å². The van der Waals surface area contributed by atoms with Gasteiger partial charge in [-0.05, 0) is 25.7 Å². The number of nitrogens with zero attached hydrogens (tertiary/aromatic N) is 2. The number of hydrogen-bond donors (Lipinski definition) is 0. The summed E-state index contributed by atoms with van der Waals surface area (Å²) in [4.78, 5) is 54.5. The molecule has 24 heavy (non-hydrogen) atoms. The zero-order valence-corrected chi connectivity index (χ0v) is 13.1. The highest BCUT2D eigenvalue weighted by Gasteiger charge is 2.70. The molecule has 0 aromatic rings. The van der Waals surface area contributed by atoms with Crippen molar-refractivity contribution in [2.75, 3.05) is 0 Å². The molecule has 7 rings (SSSR count). The highest BCUT2D eigenvalue weighted by molar-refractivity contribution is 6.11.